The topological polar surface area (TPSA) is 107 Å². The highest BCUT2D eigenvalue weighted by molar-refractivity contribution is 7.91. The van der Waals surface area contributed by atoms with Gasteiger partial charge in [0.15, 0.2) is 15.7 Å². The van der Waals surface area contributed by atoms with Crippen molar-refractivity contribution in [2.45, 2.75) is 45.1 Å². The van der Waals surface area contributed by atoms with Crippen molar-refractivity contribution in [3.05, 3.63) is 58.9 Å². The molecule has 1 unspecified atom stereocenters. The summed E-state index contributed by atoms with van der Waals surface area (Å²) in [5.41, 5.74) is 1.54. The molecule has 8 nitrogen and oxygen atoms in total. The zero-order chi connectivity index (χ0) is 24.0. The monoisotopic (exact) mass is 487 g/mol. The molecule has 0 saturated carbocycles. The van der Waals surface area contributed by atoms with Gasteiger partial charge >= 0.3 is 0 Å². The van der Waals surface area contributed by atoms with E-state index in [1.807, 2.05) is 39.0 Å². The van der Waals surface area contributed by atoms with Crippen molar-refractivity contribution in [1.29, 1.82) is 0 Å². The first-order valence-electron chi connectivity index (χ1n) is 10.6. The number of nitrogens with zero attached hydrogens (tertiary/aromatic N) is 4. The van der Waals surface area contributed by atoms with E-state index in [9.17, 15) is 13.2 Å². The minimum atomic E-state index is -3.16. The molecule has 1 aliphatic heterocycles. The third kappa shape index (κ3) is 5.09. The molecule has 2 aromatic carbocycles. The molecule has 0 bridgehead atoms. The first kappa shape index (κ1) is 23.4. The lowest BCUT2D eigenvalue weighted by atomic mass is 9.95. The van der Waals surface area contributed by atoms with Crippen LogP contribution in [0.3, 0.4) is 0 Å². The van der Waals surface area contributed by atoms with Gasteiger partial charge in [0.05, 0.1) is 22.7 Å². The predicted octanol–water partition coefficient (Wildman–Crippen LogP) is 3.59. The van der Waals surface area contributed by atoms with Gasteiger partial charge in [-0.3, -0.25) is 4.79 Å². The van der Waals surface area contributed by atoms with E-state index in [1.54, 1.807) is 35.9 Å². The van der Waals surface area contributed by atoms with Gasteiger partial charge in [0, 0.05) is 16.0 Å². The van der Waals surface area contributed by atoms with Crippen LogP contribution in [-0.4, -0.2) is 51.6 Å². The average molecular weight is 488 g/mol. The Morgan fingerprint density at radius 3 is 2.42 bits per heavy atom. The Balaban J connectivity index is 1.79. The Kier molecular flexibility index (Phi) is 5.82. The number of hydrogen-bond acceptors (Lipinski definition) is 6. The van der Waals surface area contributed by atoms with Crippen LogP contribution in [0, 0.1) is 0 Å². The number of rotatable bonds is 4. The van der Waals surface area contributed by atoms with Crippen LogP contribution in [0.2, 0.25) is 5.02 Å². The number of aromatic nitrogens is 4. The summed E-state index contributed by atoms with van der Waals surface area (Å²) in [6.45, 7) is 7.78. The van der Waals surface area contributed by atoms with E-state index in [0.29, 0.717) is 28.5 Å². The van der Waals surface area contributed by atoms with Gasteiger partial charge in [-0.05, 0) is 65.2 Å². The number of carbonyl (C=O) groups excluding carboxylic acids is 1. The lowest BCUT2D eigenvalue weighted by Crippen LogP contribution is -2.46. The number of hydrogen-bond donors (Lipinski definition) is 1. The number of amides is 1. The number of tetrazole rings is 1. The first-order valence-corrected chi connectivity index (χ1v) is 12.8. The van der Waals surface area contributed by atoms with Crippen molar-refractivity contribution < 1.29 is 13.2 Å². The van der Waals surface area contributed by atoms with Crippen LogP contribution in [0.15, 0.2) is 42.5 Å². The molecule has 10 heteroatoms. The van der Waals surface area contributed by atoms with E-state index in [1.165, 1.54) is 0 Å². The van der Waals surface area contributed by atoms with E-state index in [0.717, 1.165) is 11.1 Å². The lowest BCUT2D eigenvalue weighted by Gasteiger charge is -2.24. The summed E-state index contributed by atoms with van der Waals surface area (Å²) >= 11 is 6.05. The fourth-order valence-electron chi connectivity index (χ4n) is 3.96. The molecule has 1 amide bonds. The fourth-order valence-corrected chi connectivity index (χ4v) is 6.18. The number of nitrogens with one attached hydrogen (secondary N) is 1. The summed E-state index contributed by atoms with van der Waals surface area (Å²) in [7, 11) is -3.16. The third-order valence-corrected chi connectivity index (χ3v) is 7.82. The minimum absolute atomic E-state index is 0.0689. The molecule has 1 fully saturated rings. The van der Waals surface area contributed by atoms with Gasteiger partial charge in [0.1, 0.15) is 0 Å². The molecular formula is C23H26ClN5O3S. The average Bonchev–Trinajstić information content (AvgIpc) is 3.32. The van der Waals surface area contributed by atoms with Crippen LogP contribution in [0.1, 0.15) is 50.3 Å². The van der Waals surface area contributed by atoms with Crippen LogP contribution in [0.25, 0.3) is 16.8 Å². The second kappa shape index (κ2) is 8.22. The van der Waals surface area contributed by atoms with E-state index in [2.05, 4.69) is 20.8 Å². The lowest BCUT2D eigenvalue weighted by molar-refractivity contribution is 0.0915. The maximum absolute atomic E-state index is 13.3. The van der Waals surface area contributed by atoms with Gasteiger partial charge in [-0.1, -0.05) is 44.5 Å². The Morgan fingerprint density at radius 1 is 1.12 bits per heavy atom. The number of carbonyl (C=O) groups is 1. The molecular weight excluding hydrogens is 462 g/mol. The number of benzene rings is 2. The number of halogens is 1. The van der Waals surface area contributed by atoms with Gasteiger partial charge in [-0.2, -0.15) is 4.68 Å². The molecule has 3 aromatic rings. The molecule has 1 atom stereocenters. The molecule has 0 radical (unpaired) electrons. The molecule has 1 saturated heterocycles. The fraction of sp³-hybridized carbons (Fsp3) is 0.391. The van der Waals surface area contributed by atoms with E-state index in [4.69, 9.17) is 11.6 Å². The molecule has 4 rings (SSSR count). The van der Waals surface area contributed by atoms with Crippen LogP contribution >= 0.6 is 11.6 Å². The minimum Gasteiger partial charge on any atom is -0.346 e. The number of sulfone groups is 1. The Hall–Kier alpha value is -2.78. The molecule has 1 N–H and O–H groups in total. The smallest absolute Gasteiger partial charge is 0.251 e. The normalized spacial score (nSPS) is 20.0. The van der Waals surface area contributed by atoms with Crippen molar-refractivity contribution in [3.8, 4) is 16.8 Å². The molecule has 2 heterocycles. The third-order valence-electron chi connectivity index (χ3n) is 5.66. The van der Waals surface area contributed by atoms with Crippen LogP contribution in [0.4, 0.5) is 0 Å². The van der Waals surface area contributed by atoms with Crippen molar-refractivity contribution in [1.82, 2.24) is 25.5 Å². The van der Waals surface area contributed by atoms with Crippen molar-refractivity contribution in [2.24, 2.45) is 0 Å². The van der Waals surface area contributed by atoms with Crippen molar-refractivity contribution in [3.63, 3.8) is 0 Å². The van der Waals surface area contributed by atoms with Crippen LogP contribution < -0.4 is 5.32 Å². The Morgan fingerprint density at radius 2 is 1.82 bits per heavy atom. The zero-order valence-electron chi connectivity index (χ0n) is 19.0. The first-order chi connectivity index (χ1) is 15.4. The second-order valence-electron chi connectivity index (χ2n) is 9.80. The molecule has 0 aliphatic carbocycles. The standard InChI is InChI=1S/C23H26ClN5O3S/c1-22(2,3)21-26-27-28-29(21)19-12-16(15-5-7-18(24)8-6-15)11-17(13-19)20(30)25-23(4)9-10-33(31,32)14-23/h5-8,11-13H,9-10,14H2,1-4H3,(H,25,30). The summed E-state index contributed by atoms with van der Waals surface area (Å²) in [6, 6.07) is 12.7. The van der Waals surface area contributed by atoms with Gasteiger partial charge in [0.25, 0.3) is 5.91 Å². The van der Waals surface area contributed by atoms with Gasteiger partial charge in [-0.25, -0.2) is 8.42 Å². The summed E-state index contributed by atoms with van der Waals surface area (Å²) in [6.07, 6.45) is 0.381. The maximum Gasteiger partial charge on any atom is 0.251 e. The molecule has 0 spiro atoms. The van der Waals surface area contributed by atoms with E-state index < -0.39 is 15.4 Å². The van der Waals surface area contributed by atoms with Crippen molar-refractivity contribution in [2.75, 3.05) is 11.5 Å². The SMILES string of the molecule is CC1(NC(=O)c2cc(-c3ccc(Cl)cc3)cc(-n3nnnc3C(C)(C)C)c2)CCS(=O)(=O)C1. The Bertz CT molecular complexity index is 1310. The maximum atomic E-state index is 13.3. The second-order valence-corrected chi connectivity index (χ2v) is 12.4. The summed E-state index contributed by atoms with van der Waals surface area (Å²) in [4.78, 5) is 13.3. The van der Waals surface area contributed by atoms with Gasteiger partial charge < -0.3 is 5.32 Å². The zero-order valence-corrected chi connectivity index (χ0v) is 20.5. The summed E-state index contributed by atoms with van der Waals surface area (Å²) < 4.78 is 25.6. The van der Waals surface area contributed by atoms with Gasteiger partial charge in [0.2, 0.25) is 0 Å². The summed E-state index contributed by atoms with van der Waals surface area (Å²) in [5.74, 6) is 0.295. The highest BCUT2D eigenvalue weighted by atomic mass is 35.5. The Labute approximate surface area is 198 Å². The van der Waals surface area contributed by atoms with E-state index in [-0.39, 0.29) is 22.8 Å². The molecule has 33 heavy (non-hydrogen) atoms. The largest absolute Gasteiger partial charge is 0.346 e. The van der Waals surface area contributed by atoms with Gasteiger partial charge in [-0.15, -0.1) is 5.10 Å². The molecule has 1 aromatic heterocycles. The highest BCUT2D eigenvalue weighted by Crippen LogP contribution is 2.29. The molecule has 1 aliphatic rings. The summed E-state index contributed by atoms with van der Waals surface area (Å²) in [5, 5.41) is 15.7. The highest BCUT2D eigenvalue weighted by Gasteiger charge is 2.39. The van der Waals surface area contributed by atoms with Crippen LogP contribution in [0.5, 0.6) is 0 Å². The van der Waals surface area contributed by atoms with Crippen molar-refractivity contribution >= 4 is 27.3 Å². The molecule has 174 valence electrons. The predicted molar refractivity (Wildman–Crippen MR) is 127 cm³/mol. The van der Waals surface area contributed by atoms with Crippen LogP contribution in [-0.2, 0) is 15.3 Å². The van der Waals surface area contributed by atoms with E-state index >= 15 is 0 Å². The quantitative estimate of drug-likeness (QED) is 0.602.